The minimum absolute atomic E-state index is 0.00878. The first-order valence-corrected chi connectivity index (χ1v) is 9.95. The Morgan fingerprint density at radius 3 is 2.32 bits per heavy atom. The van der Waals surface area contributed by atoms with Gasteiger partial charge >= 0.3 is 0 Å². The quantitative estimate of drug-likeness (QED) is 0.778. The highest BCUT2D eigenvalue weighted by molar-refractivity contribution is 5.97. The second-order valence-corrected chi connectivity index (χ2v) is 7.78. The van der Waals surface area contributed by atoms with Gasteiger partial charge in [0, 0.05) is 31.2 Å². The molecule has 5 heteroatoms. The highest BCUT2D eigenvalue weighted by Crippen LogP contribution is 2.14. The van der Waals surface area contributed by atoms with E-state index in [1.807, 2.05) is 50.2 Å². The van der Waals surface area contributed by atoms with Crippen LogP contribution < -0.4 is 10.6 Å². The molecule has 28 heavy (non-hydrogen) atoms. The van der Waals surface area contributed by atoms with Gasteiger partial charge in [0.05, 0.1) is 0 Å². The van der Waals surface area contributed by atoms with Crippen LogP contribution in [0.4, 0.5) is 0 Å². The first-order chi connectivity index (χ1) is 13.5. The van der Waals surface area contributed by atoms with Crippen molar-refractivity contribution in [2.45, 2.75) is 38.9 Å². The van der Waals surface area contributed by atoms with Crippen LogP contribution in [0.3, 0.4) is 0 Å². The van der Waals surface area contributed by atoms with Crippen LogP contribution in [0.1, 0.15) is 36.2 Å². The van der Waals surface area contributed by atoms with E-state index in [1.165, 1.54) is 5.56 Å². The maximum atomic E-state index is 12.8. The van der Waals surface area contributed by atoms with Gasteiger partial charge in [-0.05, 0) is 30.0 Å². The van der Waals surface area contributed by atoms with Crippen LogP contribution >= 0.6 is 0 Å². The van der Waals surface area contributed by atoms with Crippen molar-refractivity contribution in [2.24, 2.45) is 5.92 Å². The molecule has 2 amide bonds. The third-order valence-electron chi connectivity index (χ3n) is 5.14. The van der Waals surface area contributed by atoms with E-state index in [0.29, 0.717) is 5.56 Å². The van der Waals surface area contributed by atoms with Crippen molar-refractivity contribution in [3.05, 3.63) is 71.8 Å². The molecule has 2 N–H and O–H groups in total. The summed E-state index contributed by atoms with van der Waals surface area (Å²) in [6.45, 7) is 6.59. The fourth-order valence-electron chi connectivity index (χ4n) is 3.58. The van der Waals surface area contributed by atoms with E-state index in [0.717, 1.165) is 26.1 Å². The van der Waals surface area contributed by atoms with Gasteiger partial charge in [-0.25, -0.2) is 0 Å². The topological polar surface area (TPSA) is 61.4 Å². The molecule has 1 aliphatic rings. The van der Waals surface area contributed by atoms with E-state index in [9.17, 15) is 9.59 Å². The summed E-state index contributed by atoms with van der Waals surface area (Å²) < 4.78 is 0. The molecule has 1 unspecified atom stereocenters. The van der Waals surface area contributed by atoms with Crippen molar-refractivity contribution >= 4 is 11.8 Å². The monoisotopic (exact) mass is 379 g/mol. The number of rotatable bonds is 7. The van der Waals surface area contributed by atoms with E-state index < -0.39 is 6.04 Å². The van der Waals surface area contributed by atoms with Crippen LogP contribution in [0.2, 0.25) is 0 Å². The van der Waals surface area contributed by atoms with Crippen LogP contribution in [-0.4, -0.2) is 41.9 Å². The molecule has 0 bridgehead atoms. The Balaban J connectivity index is 1.53. The second kappa shape index (κ2) is 9.51. The molecule has 1 saturated heterocycles. The van der Waals surface area contributed by atoms with Gasteiger partial charge in [-0.1, -0.05) is 62.4 Å². The van der Waals surface area contributed by atoms with Gasteiger partial charge in [0.15, 0.2) is 0 Å². The average Bonchev–Trinajstić information content (AvgIpc) is 3.13. The van der Waals surface area contributed by atoms with E-state index in [-0.39, 0.29) is 23.8 Å². The van der Waals surface area contributed by atoms with Crippen LogP contribution in [0.5, 0.6) is 0 Å². The maximum Gasteiger partial charge on any atom is 0.251 e. The van der Waals surface area contributed by atoms with Crippen LogP contribution in [0.15, 0.2) is 60.7 Å². The normalized spacial score (nSPS) is 18.0. The molecule has 3 rings (SSSR count). The Bertz CT molecular complexity index is 777. The van der Waals surface area contributed by atoms with Gasteiger partial charge in [0.2, 0.25) is 5.91 Å². The van der Waals surface area contributed by atoms with Crippen LogP contribution in [-0.2, 0) is 11.3 Å². The first kappa shape index (κ1) is 20.1. The summed E-state index contributed by atoms with van der Waals surface area (Å²) in [7, 11) is 0. The summed E-state index contributed by atoms with van der Waals surface area (Å²) >= 11 is 0. The molecule has 2 atom stereocenters. The molecular weight excluding hydrogens is 350 g/mol. The lowest BCUT2D eigenvalue weighted by atomic mass is 10.0. The van der Waals surface area contributed by atoms with Gasteiger partial charge < -0.3 is 10.6 Å². The standard InChI is InChI=1S/C23H29N3O2/c1-17(2)21(25-22(27)19-11-7-4-8-12-19)23(28)24-20-13-14-26(16-20)15-18-9-5-3-6-10-18/h3-12,17,20-21H,13-16H2,1-2H3,(H,24,28)(H,25,27)/t20?,21-/m1/s1. The highest BCUT2D eigenvalue weighted by Gasteiger charge is 2.29. The Morgan fingerprint density at radius 2 is 1.68 bits per heavy atom. The molecule has 5 nitrogen and oxygen atoms in total. The number of nitrogens with zero attached hydrogens (tertiary/aromatic N) is 1. The zero-order valence-electron chi connectivity index (χ0n) is 16.6. The lowest BCUT2D eigenvalue weighted by molar-refractivity contribution is -0.124. The van der Waals surface area contributed by atoms with Crippen molar-refractivity contribution in [2.75, 3.05) is 13.1 Å². The number of nitrogens with one attached hydrogen (secondary N) is 2. The summed E-state index contributed by atoms with van der Waals surface area (Å²) in [5.74, 6) is -0.313. The molecular formula is C23H29N3O2. The third kappa shape index (κ3) is 5.42. The number of amides is 2. The number of carbonyl (C=O) groups is 2. The van der Waals surface area contributed by atoms with Crippen molar-refractivity contribution in [3.63, 3.8) is 0 Å². The molecule has 2 aromatic rings. The molecule has 0 aliphatic carbocycles. The fourth-order valence-corrected chi connectivity index (χ4v) is 3.58. The zero-order chi connectivity index (χ0) is 19.9. The minimum Gasteiger partial charge on any atom is -0.350 e. The third-order valence-corrected chi connectivity index (χ3v) is 5.14. The van der Waals surface area contributed by atoms with Crippen LogP contribution in [0, 0.1) is 5.92 Å². The molecule has 2 aromatic carbocycles. The molecule has 0 spiro atoms. The SMILES string of the molecule is CC(C)[C@@H](NC(=O)c1ccccc1)C(=O)NC1CCN(Cc2ccccc2)C1. The van der Waals surface area contributed by atoms with Crippen LogP contribution in [0.25, 0.3) is 0 Å². The van der Waals surface area contributed by atoms with Gasteiger partial charge in [-0.15, -0.1) is 0 Å². The predicted molar refractivity (Wildman–Crippen MR) is 111 cm³/mol. The number of hydrogen-bond donors (Lipinski definition) is 2. The Kier molecular flexibility index (Phi) is 6.82. The maximum absolute atomic E-state index is 12.8. The molecule has 0 aromatic heterocycles. The van der Waals surface area contributed by atoms with Gasteiger partial charge in [0.1, 0.15) is 6.04 Å². The zero-order valence-corrected chi connectivity index (χ0v) is 16.6. The number of hydrogen-bond acceptors (Lipinski definition) is 3. The van der Waals surface area contributed by atoms with Crippen molar-refractivity contribution in [1.29, 1.82) is 0 Å². The van der Waals surface area contributed by atoms with E-state index in [4.69, 9.17) is 0 Å². The van der Waals surface area contributed by atoms with E-state index in [1.54, 1.807) is 12.1 Å². The molecule has 1 aliphatic heterocycles. The minimum atomic E-state index is -0.545. The Hall–Kier alpha value is -2.66. The van der Waals surface area contributed by atoms with Crippen molar-refractivity contribution in [3.8, 4) is 0 Å². The molecule has 1 heterocycles. The lowest BCUT2D eigenvalue weighted by Crippen LogP contribution is -2.52. The van der Waals surface area contributed by atoms with E-state index in [2.05, 4.69) is 27.7 Å². The van der Waals surface area contributed by atoms with Crippen molar-refractivity contribution in [1.82, 2.24) is 15.5 Å². The molecule has 1 fully saturated rings. The van der Waals surface area contributed by atoms with Crippen molar-refractivity contribution < 1.29 is 9.59 Å². The molecule has 0 radical (unpaired) electrons. The van der Waals surface area contributed by atoms with Gasteiger partial charge in [-0.3, -0.25) is 14.5 Å². The summed E-state index contributed by atoms with van der Waals surface area (Å²) in [4.78, 5) is 27.6. The Labute approximate surface area is 167 Å². The largest absolute Gasteiger partial charge is 0.350 e. The number of benzene rings is 2. The fraction of sp³-hybridized carbons (Fsp3) is 0.391. The highest BCUT2D eigenvalue weighted by atomic mass is 16.2. The lowest BCUT2D eigenvalue weighted by Gasteiger charge is -2.24. The summed E-state index contributed by atoms with van der Waals surface area (Å²) in [6, 6.07) is 18.9. The number of carbonyl (C=O) groups excluding carboxylic acids is 2. The summed E-state index contributed by atoms with van der Waals surface area (Å²) in [5.41, 5.74) is 1.85. The summed E-state index contributed by atoms with van der Waals surface area (Å²) in [6.07, 6.45) is 0.927. The van der Waals surface area contributed by atoms with Gasteiger partial charge in [-0.2, -0.15) is 0 Å². The van der Waals surface area contributed by atoms with Gasteiger partial charge in [0.25, 0.3) is 5.91 Å². The molecule has 148 valence electrons. The predicted octanol–water partition coefficient (Wildman–Crippen LogP) is 2.83. The average molecular weight is 380 g/mol. The summed E-state index contributed by atoms with van der Waals surface area (Å²) in [5, 5.41) is 6.03. The van der Waals surface area contributed by atoms with E-state index >= 15 is 0 Å². The first-order valence-electron chi connectivity index (χ1n) is 9.95. The second-order valence-electron chi connectivity index (χ2n) is 7.78. The Morgan fingerprint density at radius 1 is 1.04 bits per heavy atom. The smallest absolute Gasteiger partial charge is 0.251 e. The number of likely N-dealkylation sites (tertiary alicyclic amines) is 1. The molecule has 0 saturated carbocycles.